The minimum atomic E-state index is 0.250. The van der Waals surface area contributed by atoms with E-state index in [0.29, 0.717) is 0 Å². The van der Waals surface area contributed by atoms with E-state index < -0.39 is 0 Å². The lowest BCUT2D eigenvalue weighted by molar-refractivity contribution is 0.727. The Morgan fingerprint density at radius 2 is 1.67 bits per heavy atom. The molecule has 1 nitrogen and oxygen atoms in total. The van der Waals surface area contributed by atoms with Crippen molar-refractivity contribution in [3.05, 3.63) is 0 Å². The van der Waals surface area contributed by atoms with Crippen molar-refractivity contribution in [3.63, 3.8) is 0 Å². The monoisotopic (exact) mass is 123 g/mol. The van der Waals surface area contributed by atoms with Crippen molar-refractivity contribution in [2.75, 3.05) is 6.54 Å². The molecule has 50 valence electrons. The Morgan fingerprint density at radius 3 is 1.78 bits per heavy atom. The summed E-state index contributed by atoms with van der Waals surface area (Å²) in [7, 11) is 9.25. The fourth-order valence-electron chi connectivity index (χ4n) is 0.394. The summed E-state index contributed by atoms with van der Waals surface area (Å²) in [5.74, 6) is 0. The number of hydrogen-bond acceptors (Lipinski definition) is 1. The maximum atomic E-state index is 5.21. The standard InChI is InChI=1S/C5H13N.CH2B2/c1-2-3-4-5-6;2-1-3/h2-6H2,1H3;1H2. The van der Waals surface area contributed by atoms with Crippen LogP contribution in [0, 0.1) is 0 Å². The molecule has 0 saturated carbocycles. The van der Waals surface area contributed by atoms with E-state index in [2.05, 4.69) is 22.6 Å². The average molecular weight is 123 g/mol. The van der Waals surface area contributed by atoms with E-state index in [4.69, 9.17) is 5.73 Å². The first-order valence-electron chi connectivity index (χ1n) is 3.43. The predicted molar refractivity (Wildman–Crippen MR) is 44.9 cm³/mol. The third-order valence-corrected chi connectivity index (χ3v) is 0.808. The Bertz CT molecular complexity index is 30.2. The third kappa shape index (κ3) is 31.4. The first kappa shape index (κ1) is 11.8. The van der Waals surface area contributed by atoms with Crippen LogP contribution in [0.3, 0.4) is 0 Å². The molecule has 4 radical (unpaired) electrons. The van der Waals surface area contributed by atoms with E-state index in [1.807, 2.05) is 0 Å². The molecule has 3 heteroatoms. The second kappa shape index (κ2) is 15.7. The van der Waals surface area contributed by atoms with Gasteiger partial charge in [-0.1, -0.05) is 19.8 Å². The highest BCUT2D eigenvalue weighted by Crippen LogP contribution is 1.88. The van der Waals surface area contributed by atoms with Crippen LogP contribution in [0.5, 0.6) is 0 Å². The second-order valence-corrected chi connectivity index (χ2v) is 1.73. The van der Waals surface area contributed by atoms with Gasteiger partial charge in [-0.25, -0.2) is 0 Å². The van der Waals surface area contributed by atoms with E-state index in [1.54, 1.807) is 0 Å². The van der Waals surface area contributed by atoms with Gasteiger partial charge in [-0.2, -0.15) is 0 Å². The van der Waals surface area contributed by atoms with Crippen molar-refractivity contribution < 1.29 is 0 Å². The number of hydrogen-bond donors (Lipinski definition) is 1. The summed E-state index contributed by atoms with van der Waals surface area (Å²) in [6.45, 7) is 3.03. The topological polar surface area (TPSA) is 26.0 Å². The molecule has 0 bridgehead atoms. The molecule has 9 heavy (non-hydrogen) atoms. The average Bonchev–Trinajstić information content (AvgIpc) is 1.86. The predicted octanol–water partition coefficient (Wildman–Crippen LogP) is 0.835. The Balaban J connectivity index is 0. The zero-order chi connectivity index (χ0) is 7.54. The zero-order valence-corrected chi connectivity index (χ0v) is 6.27. The van der Waals surface area contributed by atoms with Gasteiger partial charge in [0.25, 0.3) is 0 Å². The molecule has 0 aromatic rings. The van der Waals surface area contributed by atoms with Crippen molar-refractivity contribution in [3.8, 4) is 0 Å². The summed E-state index contributed by atoms with van der Waals surface area (Å²) in [6.07, 6.45) is 4.00. The van der Waals surface area contributed by atoms with Crippen LogP contribution in [-0.4, -0.2) is 22.2 Å². The fraction of sp³-hybridized carbons (Fsp3) is 1.00. The summed E-state index contributed by atoms with van der Waals surface area (Å²) in [5, 5.41) is 0. The largest absolute Gasteiger partial charge is 0.330 e. The van der Waals surface area contributed by atoms with E-state index in [9.17, 15) is 0 Å². The van der Waals surface area contributed by atoms with Gasteiger partial charge >= 0.3 is 0 Å². The number of rotatable bonds is 3. The molecule has 0 spiro atoms. The maximum Gasteiger partial charge on any atom is 0.0534 e. The summed E-state index contributed by atoms with van der Waals surface area (Å²) in [6, 6.07) is 0. The van der Waals surface area contributed by atoms with Gasteiger partial charge in [0.1, 0.15) is 0 Å². The lowest BCUT2D eigenvalue weighted by Gasteiger charge is -1.86. The summed E-state index contributed by atoms with van der Waals surface area (Å²) in [5.41, 5.74) is 5.21. The van der Waals surface area contributed by atoms with Crippen molar-refractivity contribution in [1.29, 1.82) is 0 Å². The molecular formula is C6H15B2N. The Labute approximate surface area is 61.2 Å². The van der Waals surface area contributed by atoms with E-state index in [1.165, 1.54) is 19.3 Å². The fourth-order valence-corrected chi connectivity index (χ4v) is 0.394. The van der Waals surface area contributed by atoms with Crippen LogP contribution in [0.1, 0.15) is 26.2 Å². The van der Waals surface area contributed by atoms with Crippen LogP contribution >= 0.6 is 0 Å². The Hall–Kier alpha value is 0.0899. The molecule has 0 heterocycles. The van der Waals surface area contributed by atoms with Crippen LogP contribution in [0.2, 0.25) is 6.22 Å². The summed E-state index contributed by atoms with van der Waals surface area (Å²) >= 11 is 0. The summed E-state index contributed by atoms with van der Waals surface area (Å²) in [4.78, 5) is 0. The zero-order valence-electron chi connectivity index (χ0n) is 6.27. The Kier molecular flexibility index (Phi) is 20.6. The van der Waals surface area contributed by atoms with Crippen LogP contribution < -0.4 is 5.73 Å². The molecule has 0 aliphatic heterocycles. The molecule has 0 rings (SSSR count). The molecule has 0 saturated heterocycles. The second-order valence-electron chi connectivity index (χ2n) is 1.73. The highest BCUT2D eigenvalue weighted by Gasteiger charge is 1.75. The highest BCUT2D eigenvalue weighted by atomic mass is 14.5. The maximum absolute atomic E-state index is 5.21. The van der Waals surface area contributed by atoms with Gasteiger partial charge in [-0.15, -0.1) is 6.22 Å². The summed E-state index contributed by atoms with van der Waals surface area (Å²) < 4.78 is 0. The quantitative estimate of drug-likeness (QED) is 0.436. The van der Waals surface area contributed by atoms with Gasteiger partial charge in [0, 0.05) is 0 Å². The molecule has 2 N–H and O–H groups in total. The lowest BCUT2D eigenvalue weighted by atomic mass is 9.88. The number of unbranched alkanes of at least 4 members (excludes halogenated alkanes) is 2. The van der Waals surface area contributed by atoms with Gasteiger partial charge in [-0.3, -0.25) is 0 Å². The van der Waals surface area contributed by atoms with Crippen molar-refractivity contribution in [1.82, 2.24) is 0 Å². The lowest BCUT2D eigenvalue weighted by Crippen LogP contribution is -1.96. The van der Waals surface area contributed by atoms with E-state index >= 15 is 0 Å². The number of nitrogens with two attached hydrogens (primary N) is 1. The first-order valence-corrected chi connectivity index (χ1v) is 3.43. The Morgan fingerprint density at radius 1 is 1.22 bits per heavy atom. The molecule has 0 aliphatic rings. The van der Waals surface area contributed by atoms with Gasteiger partial charge in [0.15, 0.2) is 0 Å². The van der Waals surface area contributed by atoms with E-state index in [-0.39, 0.29) is 6.22 Å². The van der Waals surface area contributed by atoms with Gasteiger partial charge in [0.2, 0.25) is 0 Å². The van der Waals surface area contributed by atoms with Gasteiger partial charge in [0.05, 0.1) is 15.7 Å². The van der Waals surface area contributed by atoms with Crippen LogP contribution in [0.15, 0.2) is 0 Å². The first-order chi connectivity index (χ1) is 4.33. The van der Waals surface area contributed by atoms with E-state index in [0.717, 1.165) is 6.54 Å². The SMILES string of the molecule is CCCCCN.[B]C[B]. The minimum Gasteiger partial charge on any atom is -0.330 e. The van der Waals surface area contributed by atoms with Crippen molar-refractivity contribution in [2.24, 2.45) is 5.73 Å². The van der Waals surface area contributed by atoms with Crippen LogP contribution in [0.4, 0.5) is 0 Å². The molecule has 0 amide bonds. The van der Waals surface area contributed by atoms with Crippen molar-refractivity contribution in [2.45, 2.75) is 32.4 Å². The molecular weight excluding hydrogens is 108 g/mol. The molecule has 0 atom stereocenters. The molecule has 0 aliphatic carbocycles. The molecule has 0 fully saturated rings. The molecule has 0 unspecified atom stereocenters. The molecule has 0 aromatic carbocycles. The smallest absolute Gasteiger partial charge is 0.0534 e. The van der Waals surface area contributed by atoms with Crippen LogP contribution in [-0.2, 0) is 0 Å². The van der Waals surface area contributed by atoms with Crippen LogP contribution in [0.25, 0.3) is 0 Å². The minimum absolute atomic E-state index is 0.250. The molecule has 0 aromatic heterocycles. The van der Waals surface area contributed by atoms with Gasteiger partial charge < -0.3 is 5.73 Å². The van der Waals surface area contributed by atoms with Gasteiger partial charge in [-0.05, 0) is 13.0 Å². The highest BCUT2D eigenvalue weighted by molar-refractivity contribution is 6.31. The normalized spacial score (nSPS) is 7.78. The third-order valence-electron chi connectivity index (χ3n) is 0.808. The van der Waals surface area contributed by atoms with Crippen molar-refractivity contribution >= 4 is 15.7 Å².